The first-order valence-corrected chi connectivity index (χ1v) is 11.9. The molecule has 0 heterocycles. The number of aliphatic hydroxyl groups is 1. The predicted octanol–water partition coefficient (Wildman–Crippen LogP) is 3.91. The molecule has 0 aliphatic rings. The second-order valence-electron chi connectivity index (χ2n) is 7.36. The van der Waals surface area contributed by atoms with Gasteiger partial charge in [-0.2, -0.15) is 4.31 Å². The van der Waals surface area contributed by atoms with Crippen molar-refractivity contribution in [3.05, 3.63) is 96.1 Å². The maximum atomic E-state index is 13.2. The topological polar surface area (TPSA) is 83.9 Å². The van der Waals surface area contributed by atoms with E-state index in [9.17, 15) is 18.3 Å². The molecule has 0 saturated heterocycles. The Hall–Kier alpha value is -3.00. The molecule has 3 rings (SSSR count). The minimum Gasteiger partial charge on any atom is -0.491 e. The summed E-state index contributed by atoms with van der Waals surface area (Å²) >= 11 is 0. The first-order chi connectivity index (χ1) is 15.4. The predicted molar refractivity (Wildman–Crippen MR) is 123 cm³/mol. The van der Waals surface area contributed by atoms with Crippen LogP contribution in [0.3, 0.4) is 0 Å². The fraction of sp³-hybridized carbons (Fsp3) is 0.240. The standard InChI is InChI=1S/C25H27NO5S/c1-2-25(28)21-13-15-23(16-14-21)31-19-22(27)18-26(17-20-9-5-3-6-10-20)32(29,30)24-11-7-4-8-12-24/h3-16,22,27H,2,17-19H2,1H3. The van der Waals surface area contributed by atoms with Gasteiger partial charge in [-0.05, 0) is 42.0 Å². The number of Topliss-reactive ketones (excluding diaryl/α,β-unsaturated/α-hetero) is 1. The van der Waals surface area contributed by atoms with Crippen LogP contribution in [-0.2, 0) is 16.6 Å². The first-order valence-electron chi connectivity index (χ1n) is 10.4. The third-order valence-corrected chi connectivity index (χ3v) is 6.76. The smallest absolute Gasteiger partial charge is 0.243 e. The molecule has 3 aromatic rings. The average molecular weight is 454 g/mol. The van der Waals surface area contributed by atoms with Crippen LogP contribution in [0.2, 0.25) is 0 Å². The number of benzene rings is 3. The van der Waals surface area contributed by atoms with E-state index in [2.05, 4.69) is 0 Å². The zero-order valence-electron chi connectivity index (χ0n) is 17.9. The van der Waals surface area contributed by atoms with Gasteiger partial charge in [0.2, 0.25) is 10.0 Å². The molecule has 1 N–H and O–H groups in total. The molecule has 0 bridgehead atoms. The zero-order chi connectivity index (χ0) is 23.0. The van der Waals surface area contributed by atoms with E-state index >= 15 is 0 Å². The molecule has 0 amide bonds. The Morgan fingerprint density at radius 3 is 2.12 bits per heavy atom. The Bertz CT molecular complexity index is 1100. The molecule has 6 nitrogen and oxygen atoms in total. The number of ether oxygens (including phenoxy) is 1. The lowest BCUT2D eigenvalue weighted by molar-refractivity contribution is 0.0880. The van der Waals surface area contributed by atoms with Crippen molar-refractivity contribution in [3.8, 4) is 5.75 Å². The van der Waals surface area contributed by atoms with Crippen molar-refractivity contribution in [2.24, 2.45) is 0 Å². The van der Waals surface area contributed by atoms with E-state index in [0.717, 1.165) is 5.56 Å². The second kappa shape index (κ2) is 11.0. The van der Waals surface area contributed by atoms with Crippen LogP contribution in [-0.4, -0.2) is 42.9 Å². The van der Waals surface area contributed by atoms with Crippen LogP contribution in [0.15, 0.2) is 89.8 Å². The van der Waals surface area contributed by atoms with Crippen LogP contribution in [0.25, 0.3) is 0 Å². The molecule has 0 saturated carbocycles. The van der Waals surface area contributed by atoms with Gasteiger partial charge in [-0.1, -0.05) is 55.5 Å². The number of rotatable bonds is 11. The highest BCUT2D eigenvalue weighted by atomic mass is 32.2. The molecule has 0 aromatic heterocycles. The first kappa shape index (κ1) is 23.7. The summed E-state index contributed by atoms with van der Waals surface area (Å²) in [6.45, 7) is 1.71. The highest BCUT2D eigenvalue weighted by molar-refractivity contribution is 7.89. The summed E-state index contributed by atoms with van der Waals surface area (Å²) in [5, 5.41) is 10.6. The lowest BCUT2D eigenvalue weighted by Gasteiger charge is -2.25. The number of hydrogen-bond donors (Lipinski definition) is 1. The summed E-state index contributed by atoms with van der Waals surface area (Å²) in [4.78, 5) is 11.9. The fourth-order valence-corrected chi connectivity index (χ4v) is 4.68. The van der Waals surface area contributed by atoms with Gasteiger partial charge in [-0.25, -0.2) is 8.42 Å². The lowest BCUT2D eigenvalue weighted by Crippen LogP contribution is -2.39. The number of nitrogens with zero attached hydrogens (tertiary/aromatic N) is 1. The van der Waals surface area contributed by atoms with Crippen molar-refractivity contribution in [1.82, 2.24) is 4.31 Å². The molecule has 0 fully saturated rings. The van der Waals surface area contributed by atoms with E-state index in [1.807, 2.05) is 30.3 Å². The fourth-order valence-electron chi connectivity index (χ4n) is 3.20. The largest absolute Gasteiger partial charge is 0.491 e. The number of carbonyl (C=O) groups is 1. The molecular formula is C25H27NO5S. The Balaban J connectivity index is 1.70. The van der Waals surface area contributed by atoms with Crippen molar-refractivity contribution in [3.63, 3.8) is 0 Å². The van der Waals surface area contributed by atoms with Crippen LogP contribution >= 0.6 is 0 Å². The highest BCUT2D eigenvalue weighted by Crippen LogP contribution is 2.19. The van der Waals surface area contributed by atoms with Crippen LogP contribution < -0.4 is 4.74 Å². The van der Waals surface area contributed by atoms with Crippen LogP contribution in [0.5, 0.6) is 5.75 Å². The Morgan fingerprint density at radius 2 is 1.53 bits per heavy atom. The van der Waals surface area contributed by atoms with Crippen LogP contribution in [0.1, 0.15) is 29.3 Å². The van der Waals surface area contributed by atoms with Gasteiger partial charge >= 0.3 is 0 Å². The van der Waals surface area contributed by atoms with E-state index in [1.165, 1.54) is 16.4 Å². The van der Waals surface area contributed by atoms with Crippen molar-refractivity contribution in [1.29, 1.82) is 0 Å². The van der Waals surface area contributed by atoms with Crippen LogP contribution in [0.4, 0.5) is 0 Å². The molecule has 1 atom stereocenters. The summed E-state index contributed by atoms with van der Waals surface area (Å²) in [7, 11) is -3.82. The molecule has 32 heavy (non-hydrogen) atoms. The van der Waals surface area contributed by atoms with Crippen molar-refractivity contribution < 1.29 is 23.1 Å². The monoisotopic (exact) mass is 453 g/mol. The number of sulfonamides is 1. The van der Waals surface area contributed by atoms with Gasteiger partial charge in [0, 0.05) is 25.1 Å². The number of carbonyl (C=O) groups excluding carboxylic acids is 1. The minimum atomic E-state index is -3.82. The molecule has 0 radical (unpaired) electrons. The van der Waals surface area contributed by atoms with E-state index in [-0.39, 0.29) is 30.4 Å². The maximum absolute atomic E-state index is 13.2. The summed E-state index contributed by atoms with van der Waals surface area (Å²) in [5.74, 6) is 0.538. The van der Waals surface area contributed by atoms with Gasteiger partial charge in [0.1, 0.15) is 18.5 Å². The third kappa shape index (κ3) is 6.26. The van der Waals surface area contributed by atoms with Crippen molar-refractivity contribution in [2.75, 3.05) is 13.2 Å². The third-order valence-electron chi connectivity index (χ3n) is 4.94. The molecule has 168 valence electrons. The summed E-state index contributed by atoms with van der Waals surface area (Å²) in [6.07, 6.45) is -0.624. The van der Waals surface area contributed by atoms with E-state index < -0.39 is 16.1 Å². The van der Waals surface area contributed by atoms with E-state index in [0.29, 0.717) is 17.7 Å². The van der Waals surface area contributed by atoms with Crippen molar-refractivity contribution in [2.45, 2.75) is 30.9 Å². The minimum absolute atomic E-state index is 0.0410. The molecule has 0 aliphatic carbocycles. The van der Waals surface area contributed by atoms with Gasteiger partial charge in [0.25, 0.3) is 0 Å². The number of ketones is 1. The zero-order valence-corrected chi connectivity index (χ0v) is 18.7. The Labute approximate surface area is 189 Å². The highest BCUT2D eigenvalue weighted by Gasteiger charge is 2.27. The normalized spacial score (nSPS) is 12.5. The van der Waals surface area contributed by atoms with Gasteiger partial charge in [-0.3, -0.25) is 4.79 Å². The molecular weight excluding hydrogens is 426 g/mol. The van der Waals surface area contributed by atoms with Crippen molar-refractivity contribution >= 4 is 15.8 Å². The molecule has 7 heteroatoms. The average Bonchev–Trinajstić information content (AvgIpc) is 2.83. The van der Waals surface area contributed by atoms with Gasteiger partial charge < -0.3 is 9.84 Å². The second-order valence-corrected chi connectivity index (χ2v) is 9.30. The molecule has 0 spiro atoms. The quantitative estimate of drug-likeness (QED) is 0.445. The number of aliphatic hydroxyl groups excluding tert-OH is 1. The summed E-state index contributed by atoms with van der Waals surface area (Å²) in [6, 6.07) is 24.1. The maximum Gasteiger partial charge on any atom is 0.243 e. The molecule has 0 aliphatic heterocycles. The lowest BCUT2D eigenvalue weighted by atomic mass is 10.1. The summed E-state index contributed by atoms with van der Waals surface area (Å²) < 4.78 is 33.3. The Morgan fingerprint density at radius 1 is 0.938 bits per heavy atom. The van der Waals surface area contributed by atoms with E-state index in [4.69, 9.17) is 4.74 Å². The SMILES string of the molecule is CCC(=O)c1ccc(OCC(O)CN(Cc2ccccc2)S(=O)(=O)c2ccccc2)cc1. The summed E-state index contributed by atoms with van der Waals surface area (Å²) in [5.41, 5.74) is 1.42. The van der Waals surface area contributed by atoms with Gasteiger partial charge in [-0.15, -0.1) is 0 Å². The van der Waals surface area contributed by atoms with Gasteiger partial charge in [0.15, 0.2) is 5.78 Å². The van der Waals surface area contributed by atoms with E-state index in [1.54, 1.807) is 49.4 Å². The molecule has 1 unspecified atom stereocenters. The molecule has 3 aromatic carbocycles. The van der Waals surface area contributed by atoms with Gasteiger partial charge in [0.05, 0.1) is 4.90 Å². The Kier molecular flexibility index (Phi) is 8.16. The van der Waals surface area contributed by atoms with Crippen LogP contribution in [0, 0.1) is 0 Å². The number of hydrogen-bond acceptors (Lipinski definition) is 5.